The number of anilines is 1. The Morgan fingerprint density at radius 2 is 2.07 bits per heavy atom. The van der Waals surface area contributed by atoms with Crippen LogP contribution in [0.2, 0.25) is 0 Å². The minimum atomic E-state index is -2.83. The fourth-order valence-electron chi connectivity index (χ4n) is 3.51. The third-order valence-corrected chi connectivity index (χ3v) is 5.30. The van der Waals surface area contributed by atoms with Gasteiger partial charge in [0.05, 0.1) is 5.41 Å². The summed E-state index contributed by atoms with van der Waals surface area (Å²) in [6, 6.07) is 11.4. The molecule has 1 saturated carbocycles. The van der Waals surface area contributed by atoms with Crippen LogP contribution in [-0.4, -0.2) is 46.6 Å². The average Bonchev–Trinajstić information content (AvgIpc) is 3.48. The summed E-state index contributed by atoms with van der Waals surface area (Å²) in [7, 11) is 0. The number of ether oxygens (including phenoxy) is 1. The van der Waals surface area contributed by atoms with Crippen molar-refractivity contribution < 1.29 is 22.9 Å². The fourth-order valence-corrected chi connectivity index (χ4v) is 3.51. The first kappa shape index (κ1) is 15.1. The van der Waals surface area contributed by atoms with E-state index in [2.05, 4.69) is 20.5 Å². The van der Waals surface area contributed by atoms with Crippen LogP contribution >= 0.6 is 0 Å². The molecule has 1 aliphatic heterocycles. The predicted octanol–water partition coefficient (Wildman–Crippen LogP) is 1.70. The Morgan fingerprint density at radius 1 is 1.23 bits per heavy atom. The zero-order chi connectivity index (χ0) is 23.2. The summed E-state index contributed by atoms with van der Waals surface area (Å²) in [6.07, 6.45) is 2.98. The number of hydrogen-bond donors (Lipinski definition) is 1. The van der Waals surface area contributed by atoms with Gasteiger partial charge in [-0.2, -0.15) is 0 Å². The second kappa shape index (κ2) is 6.94. The number of nitrogens with one attached hydrogen (secondary N) is 1. The summed E-state index contributed by atoms with van der Waals surface area (Å²) >= 11 is 0. The number of fused-ring (bicyclic) bond motifs is 1. The molecule has 30 heavy (non-hydrogen) atoms. The van der Waals surface area contributed by atoms with E-state index in [-0.39, 0.29) is 24.1 Å². The largest absolute Gasteiger partial charge is 0.487 e. The number of nitrogens with zero attached hydrogens (tertiary/aromatic N) is 4. The van der Waals surface area contributed by atoms with Gasteiger partial charge in [-0.15, -0.1) is 10.2 Å². The normalized spacial score (nSPS) is 21.3. The molecule has 9 heteroatoms. The Kier molecular flexibility index (Phi) is 3.50. The van der Waals surface area contributed by atoms with Gasteiger partial charge in [-0.3, -0.25) is 14.5 Å². The highest BCUT2D eigenvalue weighted by Crippen LogP contribution is 2.52. The van der Waals surface area contributed by atoms with Crippen LogP contribution in [0.5, 0.6) is 5.75 Å². The molecule has 1 aromatic carbocycles. The molecule has 0 spiro atoms. The van der Waals surface area contributed by atoms with Gasteiger partial charge in [0.2, 0.25) is 5.89 Å². The number of hydrogen-bond acceptors (Lipinski definition) is 7. The van der Waals surface area contributed by atoms with Gasteiger partial charge in [-0.05, 0) is 30.5 Å². The molecule has 0 radical (unpaired) electrons. The molecule has 2 aromatic heterocycles. The van der Waals surface area contributed by atoms with Crippen molar-refractivity contribution in [2.24, 2.45) is 0 Å². The van der Waals surface area contributed by atoms with Crippen LogP contribution < -0.4 is 15.0 Å². The van der Waals surface area contributed by atoms with Crippen LogP contribution in [-0.2, 0) is 10.2 Å². The molecular formula is C21H19N5O4. The van der Waals surface area contributed by atoms with Crippen molar-refractivity contribution in [3.63, 3.8) is 0 Å². The third-order valence-electron chi connectivity index (χ3n) is 5.30. The maximum absolute atomic E-state index is 13.0. The van der Waals surface area contributed by atoms with Crippen LogP contribution in [0, 0.1) is 0 Å². The first-order chi connectivity index (χ1) is 15.8. The number of carbonyl (C=O) groups excluding carboxylic acids is 2. The molecular weight excluding hydrogens is 386 g/mol. The van der Waals surface area contributed by atoms with Gasteiger partial charge in [0, 0.05) is 17.3 Å². The highest BCUT2D eigenvalue weighted by Gasteiger charge is 2.51. The summed E-state index contributed by atoms with van der Waals surface area (Å²) in [5.41, 5.74) is 0.603. The molecule has 1 aliphatic carbocycles. The van der Waals surface area contributed by atoms with Crippen LogP contribution in [0.4, 0.5) is 5.82 Å². The van der Waals surface area contributed by atoms with Gasteiger partial charge in [0.1, 0.15) is 12.6 Å². The number of aromatic nitrogens is 3. The zero-order valence-electron chi connectivity index (χ0n) is 18.7. The lowest BCUT2D eigenvalue weighted by Crippen LogP contribution is -2.49. The van der Waals surface area contributed by atoms with E-state index >= 15 is 0 Å². The van der Waals surface area contributed by atoms with Gasteiger partial charge >= 0.3 is 11.8 Å². The molecule has 5 rings (SSSR count). The molecule has 1 atom stereocenters. The van der Waals surface area contributed by atoms with E-state index in [1.807, 2.05) is 30.3 Å². The van der Waals surface area contributed by atoms with E-state index in [1.54, 1.807) is 6.07 Å². The second-order valence-corrected chi connectivity index (χ2v) is 7.20. The first-order valence-electron chi connectivity index (χ1n) is 10.9. The highest BCUT2D eigenvalue weighted by molar-refractivity contribution is 6.01. The average molecular weight is 408 g/mol. The highest BCUT2D eigenvalue weighted by atomic mass is 16.5. The Labute approximate surface area is 176 Å². The van der Waals surface area contributed by atoms with Gasteiger partial charge in [-0.25, -0.2) is 4.98 Å². The molecule has 0 bridgehead atoms. The van der Waals surface area contributed by atoms with Crippen molar-refractivity contribution >= 4 is 17.6 Å². The molecule has 0 saturated heterocycles. The lowest BCUT2D eigenvalue weighted by atomic mass is 9.96. The van der Waals surface area contributed by atoms with E-state index in [9.17, 15) is 9.59 Å². The SMILES string of the molecule is [2H]C([2H])([2H])N1C(=O)C(NC(=O)c2nnc(C3(c4ccccc4)CC3)o2)COc2cccnc21. The van der Waals surface area contributed by atoms with E-state index in [0.717, 1.165) is 18.4 Å². The van der Waals surface area contributed by atoms with Crippen molar-refractivity contribution in [3.05, 3.63) is 66.0 Å². The molecule has 2 amide bonds. The zero-order valence-corrected chi connectivity index (χ0v) is 15.7. The van der Waals surface area contributed by atoms with E-state index < -0.39 is 30.2 Å². The Balaban J connectivity index is 1.37. The standard InChI is InChI=1S/C21H19N5O4/c1-26-16-15(8-5-11-22-16)29-12-14(19(26)28)23-17(27)18-24-25-20(30-18)21(9-10-21)13-6-3-2-4-7-13/h2-8,11,14H,9-10,12H2,1H3,(H,23,27)/i1D3. The number of pyridine rings is 1. The smallest absolute Gasteiger partial charge is 0.309 e. The number of benzene rings is 1. The summed E-state index contributed by atoms with van der Waals surface area (Å²) in [6.45, 7) is -3.12. The molecule has 3 aromatic rings. The van der Waals surface area contributed by atoms with Crippen LogP contribution in [0.1, 0.15) is 39.1 Å². The Hall–Kier alpha value is -3.75. The van der Waals surface area contributed by atoms with Crippen LogP contribution in [0.3, 0.4) is 0 Å². The molecule has 152 valence electrons. The number of carbonyl (C=O) groups is 2. The van der Waals surface area contributed by atoms with Crippen LogP contribution in [0.15, 0.2) is 53.1 Å². The predicted molar refractivity (Wildman–Crippen MR) is 105 cm³/mol. The van der Waals surface area contributed by atoms with Crippen molar-refractivity contribution in [2.75, 3.05) is 18.5 Å². The van der Waals surface area contributed by atoms with Crippen molar-refractivity contribution in [1.82, 2.24) is 20.5 Å². The monoisotopic (exact) mass is 408 g/mol. The number of likely N-dealkylation sites (N-methyl/N-ethyl adjacent to an activating group) is 1. The maximum Gasteiger partial charge on any atom is 0.309 e. The fraction of sp³-hybridized carbons (Fsp3) is 0.286. The molecule has 9 nitrogen and oxygen atoms in total. The summed E-state index contributed by atoms with van der Waals surface area (Å²) < 4.78 is 34.5. The van der Waals surface area contributed by atoms with Gasteiger partial charge < -0.3 is 14.5 Å². The summed E-state index contributed by atoms with van der Waals surface area (Å²) in [5.74, 6) is -1.70. The lowest BCUT2D eigenvalue weighted by molar-refractivity contribution is -0.120. The van der Waals surface area contributed by atoms with E-state index in [4.69, 9.17) is 13.3 Å². The summed E-state index contributed by atoms with van der Waals surface area (Å²) in [4.78, 5) is 30.4. The van der Waals surface area contributed by atoms with Gasteiger partial charge in [-0.1, -0.05) is 30.3 Å². The van der Waals surface area contributed by atoms with Crippen molar-refractivity contribution in [2.45, 2.75) is 24.3 Å². The maximum atomic E-state index is 13.0. The first-order valence-corrected chi connectivity index (χ1v) is 9.42. The molecule has 1 unspecified atom stereocenters. The molecule has 1 N–H and O–H groups in total. The topological polar surface area (TPSA) is 110 Å². The third kappa shape index (κ3) is 2.99. The Morgan fingerprint density at radius 3 is 2.83 bits per heavy atom. The Bertz CT molecular complexity index is 1210. The van der Waals surface area contributed by atoms with E-state index in [1.165, 1.54) is 12.3 Å². The van der Waals surface area contributed by atoms with Gasteiger partial charge in [0.25, 0.3) is 5.91 Å². The minimum Gasteiger partial charge on any atom is -0.487 e. The second-order valence-electron chi connectivity index (χ2n) is 7.20. The van der Waals surface area contributed by atoms with Crippen LogP contribution in [0.25, 0.3) is 0 Å². The van der Waals surface area contributed by atoms with E-state index in [0.29, 0.717) is 10.8 Å². The quantitative estimate of drug-likeness (QED) is 0.699. The molecule has 2 aliphatic rings. The lowest BCUT2D eigenvalue weighted by Gasteiger charge is -2.18. The summed E-state index contributed by atoms with van der Waals surface area (Å²) in [5, 5.41) is 10.4. The molecule has 3 heterocycles. The number of rotatable bonds is 4. The molecule has 1 fully saturated rings. The number of amides is 2. The van der Waals surface area contributed by atoms with Gasteiger partial charge in [0.15, 0.2) is 11.6 Å². The van der Waals surface area contributed by atoms with Crippen molar-refractivity contribution in [3.8, 4) is 5.75 Å². The minimum absolute atomic E-state index is 0.123. The van der Waals surface area contributed by atoms with Crippen molar-refractivity contribution in [1.29, 1.82) is 0 Å².